The van der Waals surface area contributed by atoms with Gasteiger partial charge in [0.05, 0.1) is 0 Å². The zero-order valence-electron chi connectivity index (χ0n) is 9.85. The molecule has 1 radical (unpaired) electrons. The molecule has 0 spiro atoms. The minimum atomic E-state index is 0. The van der Waals surface area contributed by atoms with Crippen molar-refractivity contribution in [1.82, 2.24) is 0 Å². The Hall–Kier alpha value is 0.280. The molecule has 0 atom stereocenters. The summed E-state index contributed by atoms with van der Waals surface area (Å²) >= 11 is 0. The third kappa shape index (κ3) is 7.21. The molecule has 0 heterocycles. The first-order valence-corrected chi connectivity index (χ1v) is 5.12. The molecule has 0 aliphatic carbocycles. The molecule has 1 nitrogen and oxygen atoms in total. The van der Waals surface area contributed by atoms with Crippen molar-refractivity contribution in [2.75, 3.05) is 6.61 Å². The number of ether oxygens (including phenoxy) is 1. The van der Waals surface area contributed by atoms with E-state index in [1.54, 1.807) is 6.08 Å². The summed E-state index contributed by atoms with van der Waals surface area (Å²) in [6.07, 6.45) is 6.85. The van der Waals surface area contributed by atoms with Crippen molar-refractivity contribution >= 4 is 0 Å². The maximum atomic E-state index is 5.49. The quantitative estimate of drug-likeness (QED) is 0.303. The van der Waals surface area contributed by atoms with Crippen LogP contribution < -0.4 is 0 Å². The van der Waals surface area contributed by atoms with Crippen LogP contribution in [0.5, 0.6) is 0 Å². The van der Waals surface area contributed by atoms with E-state index in [4.69, 9.17) is 4.74 Å². The Kier molecular flexibility index (Phi) is 12.7. The third-order valence-corrected chi connectivity index (χ3v) is 1.85. The molecule has 0 aromatic rings. The Morgan fingerprint density at radius 3 is 2.40 bits per heavy atom. The van der Waals surface area contributed by atoms with Crippen molar-refractivity contribution < 1.29 is 42.5 Å². The van der Waals surface area contributed by atoms with E-state index in [0.717, 1.165) is 12.2 Å². The molecule has 91 valence electrons. The van der Waals surface area contributed by atoms with Crippen LogP contribution in [0.2, 0.25) is 0 Å². The number of allylic oxidation sites excluding steroid dienone is 4. The first-order chi connectivity index (χ1) is 6.67. The van der Waals surface area contributed by atoms with Crippen LogP contribution in [0.1, 0.15) is 27.2 Å². The molecule has 0 fully saturated rings. The Balaban J connectivity index is 0. The van der Waals surface area contributed by atoms with Gasteiger partial charge in [0.1, 0.15) is 5.76 Å². The van der Waals surface area contributed by atoms with Gasteiger partial charge >= 0.3 is 0 Å². The molecule has 0 bridgehead atoms. The fraction of sp³-hybridized carbons (Fsp3) is 0.462. The van der Waals surface area contributed by atoms with Crippen molar-refractivity contribution in [1.29, 1.82) is 0 Å². The first-order valence-electron chi connectivity index (χ1n) is 5.12. The molecular weight excluding hydrogens is 337 g/mol. The molecule has 0 saturated heterocycles. The number of rotatable bonds is 6. The van der Waals surface area contributed by atoms with Crippen LogP contribution in [0.15, 0.2) is 36.1 Å². The summed E-state index contributed by atoms with van der Waals surface area (Å²) in [6, 6.07) is 0. The SMILES string of the molecule is C=C/C=C(\C(=C/CC)OC[CH2-])C(C)C.[Ho]. The first kappa shape index (κ1) is 17.7. The average molecular weight is 358 g/mol. The van der Waals surface area contributed by atoms with Crippen LogP contribution in [-0.4, -0.2) is 6.61 Å². The summed E-state index contributed by atoms with van der Waals surface area (Å²) in [5.74, 6) is 1.38. The van der Waals surface area contributed by atoms with E-state index in [0.29, 0.717) is 12.5 Å². The van der Waals surface area contributed by atoms with E-state index < -0.39 is 0 Å². The molecule has 0 aromatic heterocycles. The minimum absolute atomic E-state index is 0. The Bertz CT molecular complexity index is 227. The van der Waals surface area contributed by atoms with Crippen molar-refractivity contribution in [3.8, 4) is 0 Å². The third-order valence-electron chi connectivity index (χ3n) is 1.85. The van der Waals surface area contributed by atoms with Gasteiger partial charge in [-0.2, -0.15) is 0 Å². The second-order valence-corrected chi connectivity index (χ2v) is 3.34. The second kappa shape index (κ2) is 10.8. The van der Waals surface area contributed by atoms with Crippen LogP contribution in [0, 0.1) is 50.6 Å². The van der Waals surface area contributed by atoms with Gasteiger partial charge in [0.15, 0.2) is 0 Å². The number of hydrogen-bond acceptors (Lipinski definition) is 1. The molecule has 0 unspecified atom stereocenters. The van der Waals surface area contributed by atoms with E-state index in [-0.39, 0.29) is 37.7 Å². The largest absolute Gasteiger partial charge is 0.525 e. The van der Waals surface area contributed by atoms with Crippen molar-refractivity contribution in [2.24, 2.45) is 5.92 Å². The van der Waals surface area contributed by atoms with Gasteiger partial charge < -0.3 is 11.7 Å². The predicted molar refractivity (Wildman–Crippen MR) is 62.8 cm³/mol. The van der Waals surface area contributed by atoms with E-state index >= 15 is 0 Å². The normalized spacial score (nSPS) is 12.3. The zero-order valence-corrected chi connectivity index (χ0v) is 11.8. The molecule has 0 rings (SSSR count). The summed E-state index contributed by atoms with van der Waals surface area (Å²) in [5.41, 5.74) is 1.19. The predicted octanol–water partition coefficient (Wildman–Crippen LogP) is 3.90. The molecule has 0 aliphatic heterocycles. The van der Waals surface area contributed by atoms with Crippen LogP contribution in [0.3, 0.4) is 0 Å². The summed E-state index contributed by atoms with van der Waals surface area (Å²) in [4.78, 5) is 0. The van der Waals surface area contributed by atoms with Gasteiger partial charge in [-0.05, 0) is 30.6 Å². The Labute approximate surface area is 124 Å². The van der Waals surface area contributed by atoms with Crippen LogP contribution in [0.4, 0.5) is 0 Å². The molecular formula is C13H21HoO-. The van der Waals surface area contributed by atoms with Gasteiger partial charge in [-0.1, -0.05) is 39.5 Å². The van der Waals surface area contributed by atoms with Crippen molar-refractivity contribution in [2.45, 2.75) is 27.2 Å². The van der Waals surface area contributed by atoms with Crippen LogP contribution in [-0.2, 0) is 4.74 Å². The van der Waals surface area contributed by atoms with E-state index in [1.807, 2.05) is 6.08 Å². The van der Waals surface area contributed by atoms with Crippen LogP contribution >= 0.6 is 0 Å². The summed E-state index contributed by atoms with van der Waals surface area (Å²) in [6.45, 7) is 14.3. The van der Waals surface area contributed by atoms with Gasteiger partial charge in [-0.15, -0.1) is 0 Å². The maximum absolute atomic E-state index is 5.49. The molecule has 0 aromatic carbocycles. The summed E-state index contributed by atoms with van der Waals surface area (Å²) < 4.78 is 5.49. The smallest absolute Gasteiger partial charge is 0.114 e. The topological polar surface area (TPSA) is 9.23 Å². The van der Waals surface area contributed by atoms with Crippen molar-refractivity contribution in [3.05, 3.63) is 43.1 Å². The molecule has 2 heteroatoms. The standard InChI is InChI=1S/C13H21O.Ho/c1-6-9-12(11(4)5)13(10-7-2)14-8-3;/h6,9-11H,1,3,7-8H2,2,4-5H3;/q-1;/b12-9-,13-10+;. The van der Waals surface area contributed by atoms with E-state index in [2.05, 4.69) is 40.3 Å². The fourth-order valence-electron chi connectivity index (χ4n) is 1.24. The molecule has 0 saturated carbocycles. The van der Waals surface area contributed by atoms with Crippen LogP contribution in [0.25, 0.3) is 0 Å². The molecule has 0 N–H and O–H groups in total. The van der Waals surface area contributed by atoms with Gasteiger partial charge in [0.2, 0.25) is 0 Å². The molecule has 15 heavy (non-hydrogen) atoms. The van der Waals surface area contributed by atoms with E-state index in [1.165, 1.54) is 5.57 Å². The van der Waals surface area contributed by atoms with Crippen molar-refractivity contribution in [3.63, 3.8) is 0 Å². The Morgan fingerprint density at radius 2 is 2.07 bits per heavy atom. The van der Waals surface area contributed by atoms with Gasteiger partial charge in [0, 0.05) is 37.7 Å². The summed E-state index contributed by atoms with van der Waals surface area (Å²) in [7, 11) is 0. The molecule has 0 aliphatic rings. The monoisotopic (exact) mass is 358 g/mol. The Morgan fingerprint density at radius 1 is 1.47 bits per heavy atom. The van der Waals surface area contributed by atoms with Gasteiger partial charge in [0.25, 0.3) is 0 Å². The second-order valence-electron chi connectivity index (χ2n) is 3.34. The minimum Gasteiger partial charge on any atom is -0.525 e. The van der Waals surface area contributed by atoms with Gasteiger partial charge in [-0.3, -0.25) is 0 Å². The fourth-order valence-corrected chi connectivity index (χ4v) is 1.24. The number of hydrogen-bond donors (Lipinski definition) is 0. The zero-order chi connectivity index (χ0) is 11.0. The maximum Gasteiger partial charge on any atom is 0.114 e. The average Bonchev–Trinajstić information content (AvgIpc) is 2.13. The summed E-state index contributed by atoms with van der Waals surface area (Å²) in [5, 5.41) is 0. The molecule has 0 amide bonds. The van der Waals surface area contributed by atoms with Gasteiger partial charge in [-0.25, -0.2) is 0 Å². The van der Waals surface area contributed by atoms with E-state index in [9.17, 15) is 0 Å².